The van der Waals surface area contributed by atoms with Crippen LogP contribution in [0.3, 0.4) is 0 Å². The normalized spacial score (nSPS) is 17.9. The van der Waals surface area contributed by atoms with Crippen molar-refractivity contribution in [1.29, 1.82) is 0 Å². The summed E-state index contributed by atoms with van der Waals surface area (Å²) in [7, 11) is -3.78. The molecular weight excluding hydrogens is 590 g/mol. The monoisotopic (exact) mass is 618 g/mol. The van der Waals surface area contributed by atoms with Crippen molar-refractivity contribution >= 4 is 21.7 Å². The largest absolute Gasteiger partial charge is 0.419 e. The quantitative estimate of drug-likeness (QED) is 0.387. The molecule has 2 fully saturated rings. The van der Waals surface area contributed by atoms with Crippen molar-refractivity contribution in [3.63, 3.8) is 0 Å². The lowest BCUT2D eigenvalue weighted by atomic mass is 10.1. The van der Waals surface area contributed by atoms with Crippen LogP contribution in [-0.4, -0.2) is 84.0 Å². The second-order valence-corrected chi connectivity index (χ2v) is 12.0. The van der Waals surface area contributed by atoms with E-state index >= 15 is 0 Å². The van der Waals surface area contributed by atoms with E-state index in [0.717, 1.165) is 44.3 Å². The molecule has 0 bridgehead atoms. The van der Waals surface area contributed by atoms with Crippen LogP contribution < -0.4 is 15.5 Å². The van der Waals surface area contributed by atoms with Crippen LogP contribution in [0.2, 0.25) is 0 Å². The zero-order valence-electron chi connectivity index (χ0n) is 22.2. The number of hydrogen-bond donors (Lipinski definition) is 2. The fourth-order valence-corrected chi connectivity index (χ4v) is 6.48. The van der Waals surface area contributed by atoms with Gasteiger partial charge in [-0.05, 0) is 31.0 Å². The van der Waals surface area contributed by atoms with Crippen LogP contribution in [0, 0.1) is 0 Å². The lowest BCUT2D eigenvalue weighted by Crippen LogP contribution is -2.44. The molecule has 0 radical (unpaired) electrons. The molecule has 0 saturated carbocycles. The number of rotatable bonds is 7. The number of aromatic nitrogens is 4. The number of piperazine rings is 1. The maximum Gasteiger partial charge on any atom is 0.419 e. The van der Waals surface area contributed by atoms with Gasteiger partial charge in [-0.2, -0.15) is 35.7 Å². The number of alkyl halides is 6. The first-order valence-electron chi connectivity index (χ1n) is 13.2. The molecular formula is C25H28F6N8O2S. The lowest BCUT2D eigenvalue weighted by Gasteiger charge is -2.32. The van der Waals surface area contributed by atoms with Crippen molar-refractivity contribution in [3.8, 4) is 11.3 Å². The number of piperidine rings is 1. The highest BCUT2D eigenvalue weighted by Gasteiger charge is 2.37. The molecule has 2 saturated heterocycles. The van der Waals surface area contributed by atoms with Crippen molar-refractivity contribution in [2.45, 2.75) is 42.7 Å². The molecule has 228 valence electrons. The van der Waals surface area contributed by atoms with E-state index in [-0.39, 0.29) is 35.5 Å². The predicted octanol–water partition coefficient (Wildman–Crippen LogP) is 3.60. The second-order valence-electron chi connectivity index (χ2n) is 10.1. The van der Waals surface area contributed by atoms with Crippen LogP contribution in [0.1, 0.15) is 18.4 Å². The smallest absolute Gasteiger partial charge is 0.369 e. The first-order chi connectivity index (χ1) is 19.8. The Kier molecular flexibility index (Phi) is 8.35. The molecule has 1 aromatic carbocycles. The van der Waals surface area contributed by atoms with E-state index in [1.807, 2.05) is 6.07 Å². The van der Waals surface area contributed by atoms with Gasteiger partial charge in [-0.25, -0.2) is 18.4 Å². The Bertz CT molecular complexity index is 1500. The highest BCUT2D eigenvalue weighted by Crippen LogP contribution is 2.36. The molecule has 42 heavy (non-hydrogen) atoms. The van der Waals surface area contributed by atoms with Gasteiger partial charge in [-0.1, -0.05) is 6.07 Å². The Morgan fingerprint density at radius 1 is 1.00 bits per heavy atom. The zero-order chi connectivity index (χ0) is 30.1. The third-order valence-electron chi connectivity index (χ3n) is 7.07. The van der Waals surface area contributed by atoms with Gasteiger partial charge in [0.15, 0.2) is 0 Å². The molecule has 2 N–H and O–H groups in total. The number of nitrogens with one attached hydrogen (secondary N) is 2. The third-order valence-corrected chi connectivity index (χ3v) is 8.96. The van der Waals surface area contributed by atoms with Crippen LogP contribution in [0.25, 0.3) is 11.3 Å². The first-order valence-corrected chi connectivity index (χ1v) is 14.6. The van der Waals surface area contributed by atoms with E-state index in [2.05, 4.69) is 30.6 Å². The van der Waals surface area contributed by atoms with E-state index in [4.69, 9.17) is 0 Å². The summed E-state index contributed by atoms with van der Waals surface area (Å²) in [6, 6.07) is 6.46. The molecule has 0 atom stereocenters. The molecule has 2 aliphatic heterocycles. The molecule has 2 aliphatic rings. The average Bonchev–Trinajstić information content (AvgIpc) is 3.40. The molecule has 4 heterocycles. The molecule has 0 aliphatic carbocycles. The minimum atomic E-state index is -4.86. The number of hydrogen-bond acceptors (Lipinski definition) is 8. The van der Waals surface area contributed by atoms with Crippen LogP contribution in [0.15, 0.2) is 47.8 Å². The zero-order valence-corrected chi connectivity index (χ0v) is 23.0. The van der Waals surface area contributed by atoms with Crippen molar-refractivity contribution < 1.29 is 34.8 Å². The number of anilines is 2. The SMILES string of the molecule is O=S(=O)(c1cccc(N2CCNCC2)c1)N1CCC(Nc2ncc(C(F)(F)F)c(-c3cnn(CC(F)(F)F)c3)n2)CC1. The van der Waals surface area contributed by atoms with E-state index in [1.54, 1.807) is 18.2 Å². The van der Waals surface area contributed by atoms with Gasteiger partial charge < -0.3 is 15.5 Å². The minimum Gasteiger partial charge on any atom is -0.369 e. The minimum absolute atomic E-state index is 0.161. The summed E-state index contributed by atoms with van der Waals surface area (Å²) in [5, 5.41) is 9.72. The van der Waals surface area contributed by atoms with Gasteiger partial charge in [0.05, 0.1) is 16.8 Å². The summed E-state index contributed by atoms with van der Waals surface area (Å²) >= 11 is 0. The Labute approximate surface area is 237 Å². The van der Waals surface area contributed by atoms with E-state index in [9.17, 15) is 34.8 Å². The molecule has 10 nitrogen and oxygen atoms in total. The van der Waals surface area contributed by atoms with Gasteiger partial charge in [0.25, 0.3) is 0 Å². The van der Waals surface area contributed by atoms with Crippen molar-refractivity contribution in [1.82, 2.24) is 29.4 Å². The van der Waals surface area contributed by atoms with E-state index in [1.165, 1.54) is 4.31 Å². The molecule has 17 heteroatoms. The van der Waals surface area contributed by atoms with Gasteiger partial charge in [-0.3, -0.25) is 4.68 Å². The fraction of sp³-hybridized carbons (Fsp3) is 0.480. The van der Waals surface area contributed by atoms with Gasteiger partial charge in [0.1, 0.15) is 12.1 Å². The van der Waals surface area contributed by atoms with Crippen LogP contribution in [-0.2, 0) is 22.7 Å². The molecule has 0 spiro atoms. The highest BCUT2D eigenvalue weighted by atomic mass is 32.2. The van der Waals surface area contributed by atoms with Crippen molar-refractivity contribution in [3.05, 3.63) is 48.4 Å². The number of nitrogens with zero attached hydrogens (tertiary/aromatic N) is 6. The molecule has 0 unspecified atom stereocenters. The predicted molar refractivity (Wildman–Crippen MR) is 141 cm³/mol. The number of sulfonamides is 1. The lowest BCUT2D eigenvalue weighted by molar-refractivity contribution is -0.142. The number of benzene rings is 1. The summed E-state index contributed by atoms with van der Waals surface area (Å²) in [6.45, 7) is 2.01. The van der Waals surface area contributed by atoms with Crippen LogP contribution >= 0.6 is 0 Å². The highest BCUT2D eigenvalue weighted by molar-refractivity contribution is 7.89. The maximum atomic E-state index is 13.7. The van der Waals surface area contributed by atoms with Crippen LogP contribution in [0.4, 0.5) is 38.0 Å². The van der Waals surface area contributed by atoms with Crippen molar-refractivity contribution in [2.75, 3.05) is 49.5 Å². The topological polar surface area (TPSA) is 108 Å². The Hall–Kier alpha value is -3.44. The summed E-state index contributed by atoms with van der Waals surface area (Å²) in [6.07, 6.45) is -6.51. The van der Waals surface area contributed by atoms with Crippen LogP contribution in [0.5, 0.6) is 0 Å². The second kappa shape index (κ2) is 11.7. The Morgan fingerprint density at radius 3 is 2.38 bits per heavy atom. The average molecular weight is 619 g/mol. The van der Waals surface area contributed by atoms with Gasteiger partial charge in [0, 0.05) is 69.0 Å². The fourth-order valence-electron chi connectivity index (χ4n) is 4.97. The van der Waals surface area contributed by atoms with Gasteiger partial charge >= 0.3 is 12.4 Å². The van der Waals surface area contributed by atoms with Gasteiger partial charge in [-0.15, -0.1) is 0 Å². The molecule has 5 rings (SSSR count). The third kappa shape index (κ3) is 6.95. The molecule has 0 amide bonds. The Balaban J connectivity index is 1.27. The maximum absolute atomic E-state index is 13.7. The summed E-state index contributed by atoms with van der Waals surface area (Å²) in [5.74, 6) is -0.161. The first kappa shape index (κ1) is 30.0. The van der Waals surface area contributed by atoms with Gasteiger partial charge in [0.2, 0.25) is 16.0 Å². The summed E-state index contributed by atoms with van der Waals surface area (Å²) in [5.41, 5.74) is -1.25. The number of halogens is 6. The Morgan fingerprint density at radius 2 is 1.71 bits per heavy atom. The summed E-state index contributed by atoms with van der Waals surface area (Å²) < 4.78 is 108. The molecule has 3 aromatic rings. The van der Waals surface area contributed by atoms with E-state index < -0.39 is 40.2 Å². The molecule has 2 aromatic heterocycles. The standard InChI is InChI=1S/C25H28F6N8O2S/c26-24(27,28)16-38-15-17(13-34-38)22-21(25(29,30)31)14-33-23(36-22)35-18-4-8-39(9-5-18)42(40,41)20-3-1-2-19(12-20)37-10-6-32-7-11-37/h1-3,12-15,18,32H,4-11,16H2,(H,33,35,36). The van der Waals surface area contributed by atoms with E-state index in [0.29, 0.717) is 23.7 Å². The van der Waals surface area contributed by atoms with Crippen molar-refractivity contribution in [2.24, 2.45) is 0 Å². The summed E-state index contributed by atoms with van der Waals surface area (Å²) in [4.78, 5) is 10.0.